The lowest BCUT2D eigenvalue weighted by Gasteiger charge is -2.49. The molecule has 4 N–H and O–H groups in total. The minimum Gasteiger partial charge on any atom is -0.380 e. The minimum atomic E-state index is -2.69. The number of aliphatic hydroxyl groups excluding tert-OH is 1. The van der Waals surface area contributed by atoms with Crippen LogP contribution in [0.1, 0.15) is 20.3 Å². The zero-order valence-electron chi connectivity index (χ0n) is 10.4. The number of hydrogen-bond donors (Lipinski definition) is 4. The first-order chi connectivity index (χ1) is 7.66. The van der Waals surface area contributed by atoms with E-state index in [1.165, 1.54) is 6.92 Å². The molecule has 17 heavy (non-hydrogen) atoms. The Kier molecular flexibility index (Phi) is 5.20. The number of ether oxygens (including phenoxy) is 2. The van der Waals surface area contributed by atoms with Crippen molar-refractivity contribution in [1.82, 2.24) is 0 Å². The normalized spacial score (nSPS) is 24.2. The van der Waals surface area contributed by atoms with Crippen molar-refractivity contribution >= 4 is 6.29 Å². The highest BCUT2D eigenvalue weighted by molar-refractivity contribution is 5.58. The smallest absolute Gasteiger partial charge is 0.234 e. The third kappa shape index (κ3) is 2.35. The van der Waals surface area contributed by atoms with Gasteiger partial charge in [-0.1, -0.05) is 6.92 Å². The van der Waals surface area contributed by atoms with Crippen LogP contribution >= 0.6 is 0 Å². The molecule has 0 bridgehead atoms. The van der Waals surface area contributed by atoms with Crippen molar-refractivity contribution < 1.29 is 34.7 Å². The van der Waals surface area contributed by atoms with Crippen molar-refractivity contribution in [3.8, 4) is 0 Å². The van der Waals surface area contributed by atoms with Crippen LogP contribution in [0.3, 0.4) is 0 Å². The monoisotopic (exact) mass is 252 g/mol. The van der Waals surface area contributed by atoms with E-state index >= 15 is 0 Å². The topological polar surface area (TPSA) is 116 Å². The number of carbonyl (C=O) groups excluding carboxylic acids is 1. The van der Waals surface area contributed by atoms with Crippen molar-refractivity contribution in [2.75, 3.05) is 14.2 Å². The number of hydrogen-bond acceptors (Lipinski definition) is 7. The number of rotatable bonds is 7. The summed E-state index contributed by atoms with van der Waals surface area (Å²) in [5, 5.41) is 39.7. The largest absolute Gasteiger partial charge is 0.380 e. The van der Waals surface area contributed by atoms with Crippen molar-refractivity contribution in [1.29, 1.82) is 0 Å². The Bertz CT molecular complexity index is 267. The molecule has 102 valence electrons. The number of aliphatic hydroxyl groups is 4. The standard InChI is InChI=1S/C10H20O7/c1-5-9(14,8(2,13)16-3)10(15,17-4)7(12)6-11/h6-7,12-15H,5H2,1-4H3/t7-,8+,9-,10+/m1/s1. The molecule has 0 aliphatic rings. The Balaban J connectivity index is 5.68. The maximum Gasteiger partial charge on any atom is 0.234 e. The molecule has 0 saturated carbocycles. The maximum atomic E-state index is 10.6. The molecule has 7 nitrogen and oxygen atoms in total. The molecule has 0 heterocycles. The maximum absolute atomic E-state index is 10.6. The van der Waals surface area contributed by atoms with E-state index in [-0.39, 0.29) is 12.7 Å². The van der Waals surface area contributed by atoms with Gasteiger partial charge in [0.1, 0.15) is 0 Å². The molecule has 0 aliphatic heterocycles. The summed E-state index contributed by atoms with van der Waals surface area (Å²) in [6.45, 7) is 2.51. The number of aldehydes is 1. The summed E-state index contributed by atoms with van der Waals surface area (Å²) in [6.07, 6.45) is -2.28. The zero-order chi connectivity index (χ0) is 13.9. The zero-order valence-corrected chi connectivity index (χ0v) is 10.4. The van der Waals surface area contributed by atoms with E-state index in [1.54, 1.807) is 0 Å². The Morgan fingerprint density at radius 3 is 1.94 bits per heavy atom. The fraction of sp³-hybridized carbons (Fsp3) is 0.900. The first kappa shape index (κ1) is 16.4. The van der Waals surface area contributed by atoms with Crippen LogP contribution in [0.4, 0.5) is 0 Å². The van der Waals surface area contributed by atoms with Gasteiger partial charge in [-0.3, -0.25) is 0 Å². The molecule has 0 rings (SSSR count). The van der Waals surface area contributed by atoms with E-state index < -0.39 is 23.3 Å². The highest BCUT2D eigenvalue weighted by atomic mass is 16.7. The molecule has 0 saturated heterocycles. The average Bonchev–Trinajstić information content (AvgIpc) is 2.34. The SMILES string of the molecule is CC[C@@](O)([C@@](C)(O)OC)[C@@](O)(OC)[C@H](O)C=O. The summed E-state index contributed by atoms with van der Waals surface area (Å²) in [5.74, 6) is -4.92. The van der Waals surface area contributed by atoms with Gasteiger partial charge in [0.05, 0.1) is 0 Å². The molecule has 0 aromatic rings. The minimum absolute atomic E-state index is 0.00410. The van der Waals surface area contributed by atoms with Crippen molar-refractivity contribution in [3.63, 3.8) is 0 Å². The molecular formula is C10H20O7. The van der Waals surface area contributed by atoms with Gasteiger partial charge < -0.3 is 34.7 Å². The van der Waals surface area contributed by atoms with Crippen molar-refractivity contribution in [3.05, 3.63) is 0 Å². The molecule has 7 heteroatoms. The molecular weight excluding hydrogens is 232 g/mol. The van der Waals surface area contributed by atoms with Gasteiger partial charge in [0.25, 0.3) is 0 Å². The van der Waals surface area contributed by atoms with Gasteiger partial charge in [-0.05, 0) is 13.3 Å². The lowest BCUT2D eigenvalue weighted by atomic mass is 9.79. The van der Waals surface area contributed by atoms with Gasteiger partial charge in [0, 0.05) is 14.2 Å². The van der Waals surface area contributed by atoms with Gasteiger partial charge in [0.2, 0.25) is 5.79 Å². The van der Waals surface area contributed by atoms with E-state index in [0.717, 1.165) is 21.1 Å². The van der Waals surface area contributed by atoms with Crippen molar-refractivity contribution in [2.24, 2.45) is 0 Å². The molecule has 0 radical (unpaired) electrons. The lowest BCUT2D eigenvalue weighted by Crippen LogP contribution is -2.72. The first-order valence-electron chi connectivity index (χ1n) is 5.07. The molecule has 0 aromatic heterocycles. The quantitative estimate of drug-likeness (QED) is 0.318. The van der Waals surface area contributed by atoms with Crippen LogP contribution in [0.2, 0.25) is 0 Å². The molecule has 0 aliphatic carbocycles. The van der Waals surface area contributed by atoms with E-state index in [2.05, 4.69) is 9.47 Å². The number of carbonyl (C=O) groups is 1. The molecule has 0 amide bonds. The highest BCUT2D eigenvalue weighted by Crippen LogP contribution is 2.38. The van der Waals surface area contributed by atoms with Crippen LogP contribution < -0.4 is 0 Å². The van der Waals surface area contributed by atoms with E-state index in [4.69, 9.17) is 0 Å². The predicted octanol–water partition coefficient (Wildman–Crippen LogP) is -1.62. The van der Waals surface area contributed by atoms with Crippen LogP contribution in [0, 0.1) is 0 Å². The molecule has 0 fully saturated rings. The Labute approximate surface area is 99.6 Å². The van der Waals surface area contributed by atoms with Gasteiger partial charge >= 0.3 is 0 Å². The van der Waals surface area contributed by atoms with Gasteiger partial charge in [-0.25, -0.2) is 0 Å². The summed E-state index contributed by atoms with van der Waals surface area (Å²) < 4.78 is 9.29. The molecule has 0 spiro atoms. The van der Waals surface area contributed by atoms with E-state index in [1.807, 2.05) is 0 Å². The second kappa shape index (κ2) is 5.38. The second-order valence-electron chi connectivity index (χ2n) is 3.88. The fourth-order valence-corrected chi connectivity index (χ4v) is 1.71. The van der Waals surface area contributed by atoms with Crippen LogP contribution in [-0.2, 0) is 14.3 Å². The first-order valence-corrected chi connectivity index (χ1v) is 5.07. The van der Waals surface area contributed by atoms with E-state index in [9.17, 15) is 25.2 Å². The molecule has 4 atom stereocenters. The summed E-state index contributed by atoms with van der Waals surface area (Å²) in [7, 11) is 2.09. The number of methoxy groups -OCH3 is 2. The Hall–Kier alpha value is -0.570. The fourth-order valence-electron chi connectivity index (χ4n) is 1.71. The molecule has 0 unspecified atom stereocenters. The Morgan fingerprint density at radius 1 is 1.24 bits per heavy atom. The van der Waals surface area contributed by atoms with Crippen LogP contribution in [0.25, 0.3) is 0 Å². The van der Waals surface area contributed by atoms with Gasteiger partial charge in [-0.15, -0.1) is 0 Å². The predicted molar refractivity (Wildman–Crippen MR) is 56.9 cm³/mol. The second-order valence-corrected chi connectivity index (χ2v) is 3.88. The highest BCUT2D eigenvalue weighted by Gasteiger charge is 2.63. The molecule has 0 aromatic carbocycles. The lowest BCUT2D eigenvalue weighted by molar-refractivity contribution is -0.399. The van der Waals surface area contributed by atoms with Gasteiger partial charge in [0.15, 0.2) is 23.8 Å². The van der Waals surface area contributed by atoms with Crippen LogP contribution in [0.5, 0.6) is 0 Å². The Morgan fingerprint density at radius 2 is 1.71 bits per heavy atom. The van der Waals surface area contributed by atoms with Gasteiger partial charge in [-0.2, -0.15) is 0 Å². The van der Waals surface area contributed by atoms with Crippen LogP contribution in [-0.4, -0.2) is 64.2 Å². The summed E-state index contributed by atoms with van der Waals surface area (Å²) in [6, 6.07) is 0. The summed E-state index contributed by atoms with van der Waals surface area (Å²) in [5.41, 5.74) is -2.40. The average molecular weight is 252 g/mol. The van der Waals surface area contributed by atoms with Crippen LogP contribution in [0.15, 0.2) is 0 Å². The van der Waals surface area contributed by atoms with Crippen molar-refractivity contribution in [2.45, 2.75) is 43.5 Å². The summed E-state index contributed by atoms with van der Waals surface area (Å²) >= 11 is 0. The van der Waals surface area contributed by atoms with E-state index in [0.29, 0.717) is 0 Å². The third-order valence-electron chi connectivity index (χ3n) is 3.11. The third-order valence-corrected chi connectivity index (χ3v) is 3.11. The summed E-state index contributed by atoms with van der Waals surface area (Å²) in [4.78, 5) is 10.6.